The van der Waals surface area contributed by atoms with Crippen molar-refractivity contribution in [3.8, 4) is 34.3 Å². The van der Waals surface area contributed by atoms with Gasteiger partial charge in [0.15, 0.2) is 11.6 Å². The van der Waals surface area contributed by atoms with Gasteiger partial charge in [0.25, 0.3) is 11.8 Å². The number of anilines is 6. The molecule has 6 aromatic rings. The number of fused-ring (bicyclic) bond motifs is 2. The van der Waals surface area contributed by atoms with Crippen molar-refractivity contribution >= 4 is 62.3 Å². The summed E-state index contributed by atoms with van der Waals surface area (Å²) in [5.74, 6) is 1.20. The van der Waals surface area contributed by atoms with Crippen LogP contribution in [-0.4, -0.2) is 168 Å². The van der Waals surface area contributed by atoms with Gasteiger partial charge in [0.2, 0.25) is 27.7 Å². The van der Waals surface area contributed by atoms with E-state index in [0.29, 0.717) is 66.1 Å². The average Bonchev–Trinajstić information content (AvgIpc) is 3.95. The molecule has 0 spiro atoms. The van der Waals surface area contributed by atoms with E-state index >= 15 is 0 Å². The molecule has 3 fully saturated rings. The summed E-state index contributed by atoms with van der Waals surface area (Å²) in [5, 5.41) is 32.6. The standard InChI is InChI=1S/C59H73N13O8S/c1-7-41-33-46(51(74)35-50(41)73)53-63-64-55(56(75)60-8-2)71(53)43-17-15-39(16-18-43)37-66-29-31-67(32-30-66)38-40-21-25-69(26-22-40)57(76)42-23-27-68(28-24-42)44-19-20-48(52(34-44)80-10-4)70(9-3)59-61-36-49-54(62-59)72(81(6,78)79)47-14-12-11-13-45(47)58(77)65(49)5/h11-20,33-36,40,42,73-74H,7-10,21-32,37-38H2,1-6H3,(H,60,75). The summed E-state index contributed by atoms with van der Waals surface area (Å²) in [4.78, 5) is 62.9. The number of hydrogen-bond donors (Lipinski definition) is 3. The number of likely N-dealkylation sites (tertiary alicyclic amines) is 1. The molecule has 21 nitrogen and oxygen atoms in total. The largest absolute Gasteiger partial charge is 0.508 e. The zero-order valence-corrected chi connectivity index (χ0v) is 47.9. The molecule has 3 saturated heterocycles. The Labute approximate surface area is 473 Å². The van der Waals surface area contributed by atoms with E-state index < -0.39 is 10.0 Å². The lowest BCUT2D eigenvalue weighted by molar-refractivity contribution is -0.137. The predicted molar refractivity (Wildman–Crippen MR) is 312 cm³/mol. The minimum atomic E-state index is -3.94. The summed E-state index contributed by atoms with van der Waals surface area (Å²) in [6, 6.07) is 23.6. The number of piperazine rings is 1. The van der Waals surface area contributed by atoms with Crippen LogP contribution in [0.5, 0.6) is 17.2 Å². The van der Waals surface area contributed by atoms with E-state index in [0.717, 1.165) is 113 Å². The number of carbonyl (C=O) groups excluding carboxylic acids is 3. The van der Waals surface area contributed by atoms with Crippen LogP contribution in [0.2, 0.25) is 0 Å². The Hall–Kier alpha value is -7.82. The molecule has 0 radical (unpaired) electrons. The van der Waals surface area contributed by atoms with Crippen molar-refractivity contribution in [2.45, 2.75) is 66.3 Å². The second kappa shape index (κ2) is 24.1. The van der Waals surface area contributed by atoms with Crippen LogP contribution in [0.4, 0.5) is 34.5 Å². The van der Waals surface area contributed by atoms with Gasteiger partial charge in [0, 0.05) is 115 Å². The average molecular weight is 1120 g/mol. The third-order valence-electron chi connectivity index (χ3n) is 16.1. The van der Waals surface area contributed by atoms with Crippen LogP contribution < -0.4 is 29.1 Å². The SMILES string of the molecule is CCNC(=O)c1nnc(-c2cc(CC)c(O)cc2O)n1-c1ccc(CN2CCN(CC3CCN(C(=O)C4CCN(c5ccc(N(CC)c6ncc7c(n6)N(S(C)(=O)=O)c6ccccc6C(=O)N7C)c(OCC)c5)CC4)CC3)CC2)cc1. The molecule has 22 heteroatoms. The third-order valence-corrected chi connectivity index (χ3v) is 17.1. The second-order valence-electron chi connectivity index (χ2n) is 21.3. The summed E-state index contributed by atoms with van der Waals surface area (Å²) in [6.07, 6.45) is 6.64. The van der Waals surface area contributed by atoms with Gasteiger partial charge in [-0.3, -0.25) is 23.9 Å². The first-order valence-electron chi connectivity index (χ1n) is 28.2. The van der Waals surface area contributed by atoms with E-state index in [1.165, 1.54) is 17.2 Å². The second-order valence-corrected chi connectivity index (χ2v) is 23.1. The van der Waals surface area contributed by atoms with Gasteiger partial charge < -0.3 is 44.8 Å². The van der Waals surface area contributed by atoms with E-state index in [1.807, 2.05) is 62.9 Å². The molecule has 4 aliphatic rings. The minimum Gasteiger partial charge on any atom is -0.508 e. The number of aryl methyl sites for hydroxylation is 1. The number of phenols is 2. The van der Waals surface area contributed by atoms with Crippen LogP contribution in [-0.2, 0) is 27.8 Å². The highest BCUT2D eigenvalue weighted by atomic mass is 32.2. The molecule has 0 atom stereocenters. The molecule has 2 aromatic heterocycles. The van der Waals surface area contributed by atoms with E-state index in [4.69, 9.17) is 9.72 Å². The van der Waals surface area contributed by atoms with Crippen molar-refractivity contribution in [2.24, 2.45) is 11.8 Å². The zero-order chi connectivity index (χ0) is 57.1. The maximum absolute atomic E-state index is 14.0. The topological polar surface area (TPSA) is 226 Å². The minimum absolute atomic E-state index is 0.00571. The van der Waals surface area contributed by atoms with Crippen LogP contribution in [0, 0.1) is 11.8 Å². The van der Waals surface area contributed by atoms with Crippen molar-refractivity contribution in [2.75, 3.05) is 111 Å². The first-order valence-corrected chi connectivity index (χ1v) is 30.1. The number of para-hydroxylation sites is 1. The number of rotatable bonds is 17. The summed E-state index contributed by atoms with van der Waals surface area (Å²) in [5.41, 5.74) is 5.23. The lowest BCUT2D eigenvalue weighted by Gasteiger charge is -2.40. The number of nitrogens with one attached hydrogen (secondary N) is 1. The Morgan fingerprint density at radius 1 is 0.790 bits per heavy atom. The number of benzene rings is 4. The molecule has 4 aromatic carbocycles. The normalized spacial score (nSPS) is 16.7. The maximum atomic E-state index is 14.0. The first-order chi connectivity index (χ1) is 39.1. The van der Waals surface area contributed by atoms with Crippen LogP contribution in [0.1, 0.15) is 85.5 Å². The third kappa shape index (κ3) is 11.7. The lowest BCUT2D eigenvalue weighted by atomic mass is 9.91. The fraction of sp³-hybridized carbons (Fsp3) is 0.441. The van der Waals surface area contributed by atoms with Gasteiger partial charge >= 0.3 is 0 Å². The van der Waals surface area contributed by atoms with Crippen molar-refractivity contribution in [1.29, 1.82) is 0 Å². The number of piperidine rings is 2. The number of amides is 3. The van der Waals surface area contributed by atoms with Gasteiger partial charge in [0.05, 0.1) is 41.6 Å². The predicted octanol–water partition coefficient (Wildman–Crippen LogP) is 6.96. The lowest BCUT2D eigenvalue weighted by Crippen LogP contribution is -2.49. The highest BCUT2D eigenvalue weighted by molar-refractivity contribution is 7.92. The Morgan fingerprint density at radius 3 is 2.17 bits per heavy atom. The first kappa shape index (κ1) is 56.5. The highest BCUT2D eigenvalue weighted by Crippen LogP contribution is 2.44. The number of sulfonamides is 1. The van der Waals surface area contributed by atoms with Gasteiger partial charge in [-0.1, -0.05) is 31.2 Å². The molecule has 81 heavy (non-hydrogen) atoms. The van der Waals surface area contributed by atoms with Gasteiger partial charge in [-0.05, 0) is 112 Å². The molecular weight excluding hydrogens is 1050 g/mol. The fourth-order valence-corrected chi connectivity index (χ4v) is 12.7. The Bertz CT molecular complexity index is 3390. The van der Waals surface area contributed by atoms with Crippen LogP contribution in [0.25, 0.3) is 17.1 Å². The van der Waals surface area contributed by atoms with Crippen LogP contribution in [0.3, 0.4) is 0 Å². The van der Waals surface area contributed by atoms with Gasteiger partial charge in [-0.25, -0.2) is 17.7 Å². The molecule has 3 N–H and O–H groups in total. The molecule has 0 saturated carbocycles. The molecule has 0 bridgehead atoms. The van der Waals surface area contributed by atoms with Gasteiger partial charge in [-0.2, -0.15) is 4.98 Å². The van der Waals surface area contributed by atoms with Crippen molar-refractivity contribution in [1.82, 2.24) is 44.7 Å². The highest BCUT2D eigenvalue weighted by Gasteiger charge is 2.37. The number of carbonyl (C=O) groups is 3. The van der Waals surface area contributed by atoms with Crippen molar-refractivity contribution < 1.29 is 37.8 Å². The molecule has 10 rings (SSSR count). The smallest absolute Gasteiger partial charge is 0.289 e. The number of aromatic hydroxyl groups is 2. The van der Waals surface area contributed by atoms with Gasteiger partial charge in [0.1, 0.15) is 22.9 Å². The Kier molecular flexibility index (Phi) is 16.8. The van der Waals surface area contributed by atoms with E-state index in [-0.39, 0.29) is 69.7 Å². The molecule has 4 aliphatic heterocycles. The van der Waals surface area contributed by atoms with Gasteiger partial charge in [-0.15, -0.1) is 10.2 Å². The fourth-order valence-electron chi connectivity index (χ4n) is 11.7. The summed E-state index contributed by atoms with van der Waals surface area (Å²) >= 11 is 0. The molecule has 6 heterocycles. The zero-order valence-electron chi connectivity index (χ0n) is 47.1. The number of aromatic nitrogens is 5. The van der Waals surface area contributed by atoms with Crippen molar-refractivity contribution in [3.05, 3.63) is 108 Å². The monoisotopic (exact) mass is 1120 g/mol. The van der Waals surface area contributed by atoms with E-state index in [2.05, 4.69) is 52.2 Å². The summed E-state index contributed by atoms with van der Waals surface area (Å²) in [6.45, 7) is 17.6. The Morgan fingerprint density at radius 2 is 1.49 bits per heavy atom. The maximum Gasteiger partial charge on any atom is 0.289 e. The molecule has 0 unspecified atom stereocenters. The van der Waals surface area contributed by atoms with Crippen molar-refractivity contribution in [3.63, 3.8) is 0 Å². The number of hydrogen-bond acceptors (Lipinski definition) is 16. The van der Waals surface area contributed by atoms with E-state index in [1.54, 1.807) is 41.9 Å². The number of ether oxygens (including phenoxy) is 1. The molecule has 0 aliphatic carbocycles. The summed E-state index contributed by atoms with van der Waals surface area (Å²) < 4.78 is 35.9. The van der Waals surface area contributed by atoms with E-state index in [9.17, 15) is 33.0 Å². The quantitative estimate of drug-likeness (QED) is 0.0839. The number of nitrogens with zero attached hydrogens (tertiary/aromatic N) is 12. The van der Waals surface area contributed by atoms with Crippen LogP contribution >= 0.6 is 0 Å². The molecule has 3 amide bonds. The Balaban J connectivity index is 0.707. The molecule has 428 valence electrons. The summed E-state index contributed by atoms with van der Waals surface area (Å²) in [7, 11) is -2.36. The van der Waals surface area contributed by atoms with Crippen LogP contribution in [0.15, 0.2) is 85.1 Å². The molecular formula is C59H73N13O8S. The number of phenolic OH excluding ortho intramolecular Hbond substituents is 2.